The maximum Gasteiger partial charge on any atom is 0.195 e. The highest BCUT2D eigenvalue weighted by molar-refractivity contribution is 5.88. The summed E-state index contributed by atoms with van der Waals surface area (Å²) in [7, 11) is 0. The molecule has 216 valence electrons. The Hall–Kier alpha value is -0.970. The number of ketones is 1. The molecule has 16 N–H and O–H groups in total. The van der Waals surface area contributed by atoms with E-state index in [4.69, 9.17) is 0 Å². The third-order valence-electron chi connectivity index (χ3n) is 5.72. The number of rotatable bonds is 16. The zero-order valence-corrected chi connectivity index (χ0v) is 19.3. The topological polar surface area (TPSA) is 341 Å². The normalized spacial score (nSPS) is 26.1. The maximum absolute atomic E-state index is 12.2. The summed E-state index contributed by atoms with van der Waals surface area (Å²) in [6.45, 7) is 2.02. The van der Waals surface area contributed by atoms with Crippen LogP contribution in [0.2, 0.25) is 0 Å². The van der Waals surface area contributed by atoms with Crippen LogP contribution in [-0.4, -0.2) is 185 Å². The Kier molecular flexibility index (Phi) is 14.4. The molecule has 0 aliphatic rings. The van der Waals surface area contributed by atoms with E-state index in [1.54, 1.807) is 0 Å². The first-order valence-corrected chi connectivity index (χ1v) is 10.7. The van der Waals surface area contributed by atoms with Crippen molar-refractivity contribution in [3.63, 3.8) is 0 Å². The zero-order valence-electron chi connectivity index (χ0n) is 19.3. The third kappa shape index (κ3) is 8.53. The van der Waals surface area contributed by atoms with E-state index >= 15 is 0 Å². The average molecular weight is 538 g/mol. The first-order valence-electron chi connectivity index (χ1n) is 10.7. The Bertz CT molecular complexity index is 597. The van der Waals surface area contributed by atoms with Crippen LogP contribution in [0, 0.1) is 0 Å². The van der Waals surface area contributed by atoms with Crippen molar-refractivity contribution in [1.29, 1.82) is 0 Å². The lowest BCUT2D eigenvalue weighted by molar-refractivity contribution is -0.189. The molecule has 0 aromatic carbocycles. The molecule has 0 aromatic rings. The van der Waals surface area contributed by atoms with Crippen LogP contribution in [0.15, 0.2) is 0 Å². The van der Waals surface area contributed by atoms with E-state index in [9.17, 15) is 86.5 Å². The Morgan fingerprint density at radius 3 is 0.694 bits per heavy atom. The van der Waals surface area contributed by atoms with Gasteiger partial charge in [0.1, 0.15) is 85.5 Å². The summed E-state index contributed by atoms with van der Waals surface area (Å²) in [5.41, 5.74) is 0. The van der Waals surface area contributed by atoms with Gasteiger partial charge in [0.05, 0.1) is 12.2 Å². The summed E-state index contributed by atoms with van der Waals surface area (Å²) in [5.74, 6) is -1.91. The van der Waals surface area contributed by atoms with Crippen molar-refractivity contribution in [1.82, 2.24) is 0 Å². The molecule has 0 saturated heterocycles. The fourth-order valence-corrected chi connectivity index (χ4v) is 3.07. The van der Waals surface area contributed by atoms with Crippen LogP contribution >= 0.6 is 0 Å². The molecule has 17 nitrogen and oxygen atoms in total. The number of hydrogen-bond donors (Lipinski definition) is 16. The highest BCUT2D eigenvalue weighted by atomic mass is 16.4. The molecule has 0 spiro atoms. The Morgan fingerprint density at radius 1 is 0.333 bits per heavy atom. The van der Waals surface area contributed by atoms with Crippen LogP contribution in [0.3, 0.4) is 0 Å². The number of aliphatic hydroxyl groups excluding tert-OH is 16. The molecular weight excluding hydrogens is 500 g/mol. The predicted octanol–water partition coefficient (Wildman–Crippen LogP) is -9.63. The fraction of sp³-hybridized carbons (Fsp3) is 0.947. The van der Waals surface area contributed by atoms with Crippen molar-refractivity contribution in [3.05, 3.63) is 0 Å². The third-order valence-corrected chi connectivity index (χ3v) is 5.72. The minimum absolute atomic E-state index is 1.01. The fourth-order valence-electron chi connectivity index (χ4n) is 3.07. The second-order valence-corrected chi connectivity index (χ2v) is 8.66. The number of carbonyl (C=O) groups excluding carboxylic acids is 1. The lowest BCUT2D eigenvalue weighted by Gasteiger charge is -2.34. The van der Waals surface area contributed by atoms with Gasteiger partial charge in [-0.1, -0.05) is 0 Å². The summed E-state index contributed by atoms with van der Waals surface area (Å²) in [6.07, 6.45) is -38.1. The lowest BCUT2D eigenvalue weighted by Crippen LogP contribution is -2.60. The highest BCUT2D eigenvalue weighted by Gasteiger charge is 2.46. The van der Waals surface area contributed by atoms with Gasteiger partial charge < -0.3 is 81.7 Å². The van der Waals surface area contributed by atoms with Crippen LogP contribution < -0.4 is 0 Å². The standard InChI is InChI=1S/C19H38O17/c1-3(20)5(22)7(24)9(26)11(28)13(30)15(32)17(34)19(36)18(35)16(33)14(31)12(29)10(27)8(25)6(23)4(2)21/h3-18,20-35H,1-2H3. The first-order chi connectivity index (χ1) is 16.3. The molecule has 17 heteroatoms. The van der Waals surface area contributed by atoms with Gasteiger partial charge in [0.15, 0.2) is 5.78 Å². The summed E-state index contributed by atoms with van der Waals surface area (Å²) < 4.78 is 0. The van der Waals surface area contributed by atoms with Gasteiger partial charge >= 0.3 is 0 Å². The SMILES string of the molecule is CC(O)C(O)C(O)C(O)C(O)C(O)C(O)C(O)C(=O)C(O)C(O)C(O)C(O)C(O)C(O)C(O)C(C)O. The summed E-state index contributed by atoms with van der Waals surface area (Å²) >= 11 is 0. The Balaban J connectivity index is 5.35. The molecular formula is C19H38O17. The average Bonchev–Trinajstić information content (AvgIpc) is 2.85. The van der Waals surface area contributed by atoms with Crippen LogP contribution in [0.5, 0.6) is 0 Å². The van der Waals surface area contributed by atoms with Gasteiger partial charge in [-0.25, -0.2) is 0 Å². The summed E-state index contributed by atoms with van der Waals surface area (Å²) in [6, 6.07) is 0. The van der Waals surface area contributed by atoms with Crippen molar-refractivity contribution in [3.8, 4) is 0 Å². The van der Waals surface area contributed by atoms with Gasteiger partial charge in [0.2, 0.25) is 0 Å². The van der Waals surface area contributed by atoms with E-state index in [1.165, 1.54) is 0 Å². The van der Waals surface area contributed by atoms with Gasteiger partial charge in [0, 0.05) is 0 Å². The number of Topliss-reactive ketones (excluding diaryl/α,β-unsaturated/α-hetero) is 1. The largest absolute Gasteiger partial charge is 0.391 e. The molecule has 0 radical (unpaired) electrons. The molecule has 0 aromatic heterocycles. The molecule has 0 saturated carbocycles. The van der Waals surface area contributed by atoms with Crippen molar-refractivity contribution in [2.24, 2.45) is 0 Å². The van der Waals surface area contributed by atoms with E-state index in [2.05, 4.69) is 0 Å². The van der Waals surface area contributed by atoms with Crippen LogP contribution in [0.25, 0.3) is 0 Å². The van der Waals surface area contributed by atoms with E-state index in [1.807, 2.05) is 0 Å². The van der Waals surface area contributed by atoms with Crippen molar-refractivity contribution in [2.45, 2.75) is 112 Å². The molecule has 16 atom stereocenters. The van der Waals surface area contributed by atoms with E-state index < -0.39 is 103 Å². The minimum atomic E-state index is -2.83. The predicted molar refractivity (Wildman–Crippen MR) is 112 cm³/mol. The molecule has 0 aliphatic heterocycles. The molecule has 0 bridgehead atoms. The number of carbonyl (C=O) groups is 1. The van der Waals surface area contributed by atoms with Crippen molar-refractivity contribution >= 4 is 5.78 Å². The molecule has 0 aliphatic carbocycles. The summed E-state index contributed by atoms with van der Waals surface area (Å²) in [5, 5.41) is 156. The van der Waals surface area contributed by atoms with Crippen molar-refractivity contribution < 1.29 is 86.5 Å². The Labute approximate surface area is 204 Å². The van der Waals surface area contributed by atoms with Crippen LogP contribution in [-0.2, 0) is 4.79 Å². The molecule has 0 amide bonds. The van der Waals surface area contributed by atoms with Gasteiger partial charge in [-0.05, 0) is 13.8 Å². The first kappa shape index (κ1) is 35.0. The van der Waals surface area contributed by atoms with Crippen LogP contribution in [0.4, 0.5) is 0 Å². The van der Waals surface area contributed by atoms with Gasteiger partial charge in [-0.2, -0.15) is 0 Å². The quantitative estimate of drug-likeness (QED) is 0.0866. The van der Waals surface area contributed by atoms with Gasteiger partial charge in [-0.15, -0.1) is 0 Å². The molecule has 0 heterocycles. The van der Waals surface area contributed by atoms with E-state index in [0.717, 1.165) is 13.8 Å². The molecule has 0 fully saturated rings. The summed E-state index contributed by atoms with van der Waals surface area (Å²) in [4.78, 5) is 12.2. The van der Waals surface area contributed by atoms with Gasteiger partial charge in [-0.3, -0.25) is 4.79 Å². The van der Waals surface area contributed by atoms with E-state index in [-0.39, 0.29) is 0 Å². The highest BCUT2D eigenvalue weighted by Crippen LogP contribution is 2.18. The van der Waals surface area contributed by atoms with Crippen molar-refractivity contribution in [2.75, 3.05) is 0 Å². The van der Waals surface area contributed by atoms with Crippen LogP contribution in [0.1, 0.15) is 13.8 Å². The second kappa shape index (κ2) is 14.8. The number of hydrogen-bond acceptors (Lipinski definition) is 17. The van der Waals surface area contributed by atoms with E-state index in [0.29, 0.717) is 0 Å². The zero-order chi connectivity index (χ0) is 28.8. The number of aliphatic hydroxyl groups is 16. The Morgan fingerprint density at radius 2 is 0.500 bits per heavy atom. The maximum atomic E-state index is 12.2. The molecule has 16 unspecified atom stereocenters. The van der Waals surface area contributed by atoms with Gasteiger partial charge in [0.25, 0.3) is 0 Å². The lowest BCUT2D eigenvalue weighted by atomic mass is 9.88. The smallest absolute Gasteiger partial charge is 0.195 e. The minimum Gasteiger partial charge on any atom is -0.391 e. The monoisotopic (exact) mass is 538 g/mol. The molecule has 0 rings (SSSR count). The molecule has 36 heavy (non-hydrogen) atoms. The second-order valence-electron chi connectivity index (χ2n) is 8.66.